The molecule has 98 valence electrons. The number of aromatic nitrogens is 1. The SMILES string of the molecule is CC(=O)CCC(C(=O)c1ccncc1)S(N)(=O)=O. The van der Waals surface area contributed by atoms with Crippen molar-refractivity contribution in [3.05, 3.63) is 30.1 Å². The van der Waals surface area contributed by atoms with Gasteiger partial charge in [0, 0.05) is 24.4 Å². The Bertz CT molecular complexity index is 539. The van der Waals surface area contributed by atoms with Gasteiger partial charge in [0.15, 0.2) is 5.78 Å². The number of hydrogen-bond donors (Lipinski definition) is 1. The van der Waals surface area contributed by atoms with Crippen LogP contribution in [0.1, 0.15) is 30.1 Å². The maximum absolute atomic E-state index is 12.0. The van der Waals surface area contributed by atoms with Gasteiger partial charge in [-0.3, -0.25) is 9.78 Å². The Labute approximate surface area is 105 Å². The molecule has 0 spiro atoms. The average Bonchev–Trinajstić information content (AvgIpc) is 2.28. The molecule has 1 aromatic heterocycles. The summed E-state index contributed by atoms with van der Waals surface area (Å²) in [4.78, 5) is 26.6. The zero-order valence-corrected chi connectivity index (χ0v) is 10.7. The van der Waals surface area contributed by atoms with E-state index in [1.54, 1.807) is 0 Å². The lowest BCUT2D eigenvalue weighted by molar-refractivity contribution is -0.117. The smallest absolute Gasteiger partial charge is 0.219 e. The molecule has 0 aliphatic carbocycles. The van der Waals surface area contributed by atoms with E-state index in [1.165, 1.54) is 31.5 Å². The number of carbonyl (C=O) groups is 2. The van der Waals surface area contributed by atoms with Crippen LogP contribution in [-0.4, -0.2) is 30.2 Å². The van der Waals surface area contributed by atoms with Gasteiger partial charge in [0.2, 0.25) is 10.0 Å². The zero-order valence-electron chi connectivity index (χ0n) is 9.87. The summed E-state index contributed by atoms with van der Waals surface area (Å²) >= 11 is 0. The Balaban J connectivity index is 2.98. The monoisotopic (exact) mass is 270 g/mol. The van der Waals surface area contributed by atoms with E-state index in [1.807, 2.05) is 0 Å². The summed E-state index contributed by atoms with van der Waals surface area (Å²) in [7, 11) is -4.03. The molecular weight excluding hydrogens is 256 g/mol. The highest BCUT2D eigenvalue weighted by atomic mass is 32.2. The van der Waals surface area contributed by atoms with Crippen molar-refractivity contribution in [1.82, 2.24) is 4.98 Å². The van der Waals surface area contributed by atoms with Gasteiger partial charge in [0.25, 0.3) is 0 Å². The van der Waals surface area contributed by atoms with Crippen LogP contribution in [-0.2, 0) is 14.8 Å². The molecule has 0 saturated carbocycles. The van der Waals surface area contributed by atoms with Crippen molar-refractivity contribution in [3.8, 4) is 0 Å². The van der Waals surface area contributed by atoms with Crippen LogP contribution in [0, 0.1) is 0 Å². The first kappa shape index (κ1) is 14.5. The van der Waals surface area contributed by atoms with Crippen molar-refractivity contribution in [2.75, 3.05) is 0 Å². The highest BCUT2D eigenvalue weighted by Crippen LogP contribution is 2.13. The molecule has 2 N–H and O–H groups in total. The van der Waals surface area contributed by atoms with Gasteiger partial charge in [-0.25, -0.2) is 13.6 Å². The standard InChI is InChI=1S/C11H14N2O4S/c1-8(14)2-3-10(18(12,16)17)11(15)9-4-6-13-7-5-9/h4-7,10H,2-3H2,1H3,(H2,12,16,17). The fraction of sp³-hybridized carbons (Fsp3) is 0.364. The first-order valence-electron chi connectivity index (χ1n) is 5.27. The molecule has 0 aromatic carbocycles. The second-order valence-corrected chi connectivity index (χ2v) is 5.67. The Hall–Kier alpha value is -1.60. The quantitative estimate of drug-likeness (QED) is 0.747. The Morgan fingerprint density at radius 3 is 2.33 bits per heavy atom. The fourth-order valence-electron chi connectivity index (χ4n) is 1.48. The number of Topliss-reactive ketones (excluding diaryl/α,β-unsaturated/α-hetero) is 2. The lowest BCUT2D eigenvalue weighted by atomic mass is 10.1. The number of hydrogen-bond acceptors (Lipinski definition) is 5. The third kappa shape index (κ3) is 4.01. The number of carbonyl (C=O) groups excluding carboxylic acids is 2. The molecule has 1 aromatic rings. The molecule has 1 rings (SSSR count). The van der Waals surface area contributed by atoms with Gasteiger partial charge in [-0.1, -0.05) is 0 Å². The number of sulfonamides is 1. The van der Waals surface area contributed by atoms with E-state index in [4.69, 9.17) is 5.14 Å². The van der Waals surface area contributed by atoms with Crippen molar-refractivity contribution in [1.29, 1.82) is 0 Å². The van der Waals surface area contributed by atoms with Crippen molar-refractivity contribution in [2.24, 2.45) is 5.14 Å². The normalized spacial score (nSPS) is 13.0. The van der Waals surface area contributed by atoms with Crippen LogP contribution < -0.4 is 5.14 Å². The molecule has 1 unspecified atom stereocenters. The molecular formula is C11H14N2O4S. The van der Waals surface area contributed by atoms with Crippen LogP contribution in [0.5, 0.6) is 0 Å². The highest BCUT2D eigenvalue weighted by molar-refractivity contribution is 7.90. The summed E-state index contributed by atoms with van der Waals surface area (Å²) in [6, 6.07) is 2.82. The van der Waals surface area contributed by atoms with E-state index in [0.29, 0.717) is 0 Å². The number of nitrogens with two attached hydrogens (primary N) is 1. The van der Waals surface area contributed by atoms with Crippen molar-refractivity contribution in [2.45, 2.75) is 25.0 Å². The fourth-order valence-corrected chi connectivity index (χ4v) is 2.36. The first-order valence-corrected chi connectivity index (χ1v) is 6.88. The minimum absolute atomic E-state index is 0.00206. The van der Waals surface area contributed by atoms with Gasteiger partial charge in [-0.05, 0) is 25.5 Å². The predicted octanol–water partition coefficient (Wildman–Crippen LogP) is 0.291. The number of nitrogens with zero attached hydrogens (tertiary/aromatic N) is 1. The van der Waals surface area contributed by atoms with Crippen molar-refractivity contribution < 1.29 is 18.0 Å². The van der Waals surface area contributed by atoms with E-state index in [-0.39, 0.29) is 24.2 Å². The summed E-state index contributed by atoms with van der Waals surface area (Å²) in [5.74, 6) is -0.799. The van der Waals surface area contributed by atoms with Crippen LogP contribution in [0.2, 0.25) is 0 Å². The molecule has 6 nitrogen and oxygen atoms in total. The molecule has 0 saturated heterocycles. The zero-order chi connectivity index (χ0) is 13.8. The van der Waals surface area contributed by atoms with Gasteiger partial charge < -0.3 is 4.79 Å². The van der Waals surface area contributed by atoms with Crippen molar-refractivity contribution >= 4 is 21.6 Å². The van der Waals surface area contributed by atoms with Crippen LogP contribution >= 0.6 is 0 Å². The summed E-state index contributed by atoms with van der Waals surface area (Å²) in [6.45, 7) is 1.33. The maximum Gasteiger partial charge on any atom is 0.219 e. The van der Waals surface area contributed by atoms with Gasteiger partial charge in [-0.15, -0.1) is 0 Å². The lowest BCUT2D eigenvalue weighted by Crippen LogP contribution is -2.36. The van der Waals surface area contributed by atoms with E-state index in [2.05, 4.69) is 4.98 Å². The third-order valence-electron chi connectivity index (χ3n) is 2.41. The van der Waals surface area contributed by atoms with E-state index in [9.17, 15) is 18.0 Å². The second kappa shape index (κ2) is 5.83. The Morgan fingerprint density at radius 2 is 1.89 bits per heavy atom. The van der Waals surface area contributed by atoms with Gasteiger partial charge in [0.1, 0.15) is 11.0 Å². The van der Waals surface area contributed by atoms with E-state index in [0.717, 1.165) is 0 Å². The maximum atomic E-state index is 12.0. The second-order valence-electron chi connectivity index (χ2n) is 3.92. The minimum atomic E-state index is -4.03. The van der Waals surface area contributed by atoms with Gasteiger partial charge in [0.05, 0.1) is 0 Å². The average molecular weight is 270 g/mol. The predicted molar refractivity (Wildman–Crippen MR) is 65.4 cm³/mol. The van der Waals surface area contributed by atoms with Crippen molar-refractivity contribution in [3.63, 3.8) is 0 Å². The van der Waals surface area contributed by atoms with Gasteiger partial charge in [-0.2, -0.15) is 0 Å². The van der Waals surface area contributed by atoms with Gasteiger partial charge >= 0.3 is 0 Å². The lowest BCUT2D eigenvalue weighted by Gasteiger charge is -2.12. The molecule has 1 atom stereocenters. The first-order chi connectivity index (χ1) is 8.32. The number of pyridine rings is 1. The molecule has 1 heterocycles. The summed E-state index contributed by atoms with van der Waals surface area (Å²) < 4.78 is 22.8. The molecule has 18 heavy (non-hydrogen) atoms. The number of ketones is 2. The van der Waals surface area contributed by atoms with Crippen LogP contribution in [0.4, 0.5) is 0 Å². The van der Waals surface area contributed by atoms with Crippen LogP contribution in [0.25, 0.3) is 0 Å². The van der Waals surface area contributed by atoms with Crippen LogP contribution in [0.3, 0.4) is 0 Å². The largest absolute Gasteiger partial charge is 0.300 e. The third-order valence-corrected chi connectivity index (χ3v) is 3.66. The molecule has 0 bridgehead atoms. The topological polar surface area (TPSA) is 107 Å². The summed E-state index contributed by atoms with van der Waals surface area (Å²) in [5, 5.41) is 3.64. The van der Waals surface area contributed by atoms with E-state index >= 15 is 0 Å². The molecule has 0 radical (unpaired) electrons. The van der Waals surface area contributed by atoms with Crippen LogP contribution in [0.15, 0.2) is 24.5 Å². The molecule has 0 amide bonds. The number of rotatable bonds is 6. The number of primary sulfonamides is 1. The molecule has 0 fully saturated rings. The Morgan fingerprint density at radius 1 is 1.33 bits per heavy atom. The Kier molecular flexibility index (Phi) is 4.69. The van der Waals surface area contributed by atoms with E-state index < -0.39 is 21.1 Å². The summed E-state index contributed by atoms with van der Waals surface area (Å²) in [5.41, 5.74) is 0.215. The molecule has 0 aliphatic heterocycles. The molecule has 7 heteroatoms. The molecule has 0 aliphatic rings. The minimum Gasteiger partial charge on any atom is -0.300 e. The summed E-state index contributed by atoms with van der Waals surface area (Å²) in [6.07, 6.45) is 2.67. The highest BCUT2D eigenvalue weighted by Gasteiger charge is 2.30.